The van der Waals surface area contributed by atoms with Crippen LogP contribution in [0.15, 0.2) is 18.3 Å². The number of hydrogen-bond acceptors (Lipinski definition) is 4. The van der Waals surface area contributed by atoms with Gasteiger partial charge in [-0.3, -0.25) is 4.79 Å². The molecule has 19 heavy (non-hydrogen) atoms. The Balaban J connectivity index is 1.83. The second-order valence-corrected chi connectivity index (χ2v) is 5.16. The smallest absolute Gasteiger partial charge is 0.269 e. The van der Waals surface area contributed by atoms with E-state index in [0.717, 1.165) is 25.3 Å². The molecule has 0 radical (unpaired) electrons. The number of anilines is 1. The summed E-state index contributed by atoms with van der Waals surface area (Å²) in [6.07, 6.45) is 4.08. The van der Waals surface area contributed by atoms with Crippen molar-refractivity contribution in [3.8, 4) is 0 Å². The third kappa shape index (κ3) is 3.92. The van der Waals surface area contributed by atoms with Gasteiger partial charge in [-0.25, -0.2) is 4.98 Å². The Bertz CT molecular complexity index is 418. The molecular formula is C14H22N4O. The number of aromatic nitrogens is 1. The molecule has 2 heterocycles. The lowest BCUT2D eigenvalue weighted by Gasteiger charge is -2.29. The molecule has 0 aliphatic carbocycles. The molecule has 5 heteroatoms. The van der Waals surface area contributed by atoms with Crippen LogP contribution in [0.2, 0.25) is 0 Å². The second-order valence-electron chi connectivity index (χ2n) is 5.16. The molecule has 1 unspecified atom stereocenters. The van der Waals surface area contributed by atoms with Crippen LogP contribution in [0, 0.1) is 5.92 Å². The first-order valence-corrected chi connectivity index (χ1v) is 6.79. The maximum Gasteiger partial charge on any atom is 0.269 e. The minimum atomic E-state index is -0.0871. The van der Waals surface area contributed by atoms with Gasteiger partial charge in [0.1, 0.15) is 5.69 Å². The average molecular weight is 262 g/mol. The predicted molar refractivity (Wildman–Crippen MR) is 76.3 cm³/mol. The monoisotopic (exact) mass is 262 g/mol. The highest BCUT2D eigenvalue weighted by molar-refractivity contribution is 5.92. The molecule has 1 aromatic rings. The normalized spacial score (nSPS) is 20.0. The Morgan fingerprint density at radius 3 is 3.00 bits per heavy atom. The molecule has 104 valence electrons. The highest BCUT2D eigenvalue weighted by Crippen LogP contribution is 2.14. The molecule has 5 nitrogen and oxygen atoms in total. The van der Waals surface area contributed by atoms with Gasteiger partial charge in [-0.2, -0.15) is 0 Å². The number of rotatable bonds is 4. The fourth-order valence-electron chi connectivity index (χ4n) is 2.44. The molecule has 0 spiro atoms. The van der Waals surface area contributed by atoms with Crippen LogP contribution in [0.4, 0.5) is 5.69 Å². The first-order valence-electron chi connectivity index (χ1n) is 6.79. The maximum atomic E-state index is 12.0. The van der Waals surface area contributed by atoms with Crippen molar-refractivity contribution in [1.82, 2.24) is 15.2 Å². The van der Waals surface area contributed by atoms with Gasteiger partial charge in [-0.05, 0) is 44.5 Å². The quantitative estimate of drug-likeness (QED) is 0.856. The Hall–Kier alpha value is -1.62. The van der Waals surface area contributed by atoms with Crippen LogP contribution in [0.5, 0.6) is 0 Å². The number of hydrogen-bond donors (Lipinski definition) is 2. The average Bonchev–Trinajstić information content (AvgIpc) is 2.45. The molecule has 0 saturated carbocycles. The first-order chi connectivity index (χ1) is 9.19. The Kier molecular flexibility index (Phi) is 4.74. The SMILES string of the molecule is CNc1ccc(C(=O)NCC2CCCN(C)C2)nc1. The van der Waals surface area contributed by atoms with Crippen molar-refractivity contribution in [2.75, 3.05) is 39.0 Å². The fourth-order valence-corrected chi connectivity index (χ4v) is 2.44. The lowest BCUT2D eigenvalue weighted by Crippen LogP contribution is -2.39. The summed E-state index contributed by atoms with van der Waals surface area (Å²) in [6, 6.07) is 3.60. The van der Waals surface area contributed by atoms with E-state index in [9.17, 15) is 4.79 Å². The minimum absolute atomic E-state index is 0.0871. The zero-order valence-corrected chi connectivity index (χ0v) is 11.6. The maximum absolute atomic E-state index is 12.0. The number of amides is 1. The minimum Gasteiger partial charge on any atom is -0.387 e. The molecular weight excluding hydrogens is 240 g/mol. The van der Waals surface area contributed by atoms with Crippen molar-refractivity contribution in [2.24, 2.45) is 5.92 Å². The van der Waals surface area contributed by atoms with Crippen molar-refractivity contribution in [3.63, 3.8) is 0 Å². The van der Waals surface area contributed by atoms with E-state index in [2.05, 4.69) is 27.6 Å². The van der Waals surface area contributed by atoms with Crippen LogP contribution >= 0.6 is 0 Å². The number of likely N-dealkylation sites (tertiary alicyclic amines) is 1. The van der Waals surface area contributed by atoms with Gasteiger partial charge in [0, 0.05) is 20.1 Å². The van der Waals surface area contributed by atoms with Gasteiger partial charge in [0.05, 0.1) is 11.9 Å². The van der Waals surface area contributed by atoms with Crippen LogP contribution in [0.1, 0.15) is 23.3 Å². The van der Waals surface area contributed by atoms with Crippen LogP contribution in [-0.2, 0) is 0 Å². The highest BCUT2D eigenvalue weighted by Gasteiger charge is 2.18. The molecule has 1 aliphatic heterocycles. The Morgan fingerprint density at radius 1 is 1.53 bits per heavy atom. The van der Waals surface area contributed by atoms with Gasteiger partial charge < -0.3 is 15.5 Å². The molecule has 1 atom stereocenters. The van der Waals surface area contributed by atoms with E-state index >= 15 is 0 Å². The fraction of sp³-hybridized carbons (Fsp3) is 0.571. The molecule has 0 aromatic carbocycles. The van der Waals surface area contributed by atoms with E-state index in [1.54, 1.807) is 12.3 Å². The number of pyridine rings is 1. The summed E-state index contributed by atoms with van der Waals surface area (Å²) < 4.78 is 0. The van der Waals surface area contributed by atoms with Gasteiger partial charge >= 0.3 is 0 Å². The molecule has 1 amide bonds. The van der Waals surface area contributed by atoms with Crippen molar-refractivity contribution >= 4 is 11.6 Å². The van der Waals surface area contributed by atoms with Crippen molar-refractivity contribution in [1.29, 1.82) is 0 Å². The van der Waals surface area contributed by atoms with Gasteiger partial charge in [-0.1, -0.05) is 0 Å². The van der Waals surface area contributed by atoms with E-state index in [4.69, 9.17) is 0 Å². The summed E-state index contributed by atoms with van der Waals surface area (Å²) in [7, 11) is 3.96. The molecule has 2 rings (SSSR count). The zero-order chi connectivity index (χ0) is 13.7. The number of nitrogens with zero attached hydrogens (tertiary/aromatic N) is 2. The Labute approximate surface area is 114 Å². The number of carbonyl (C=O) groups is 1. The van der Waals surface area contributed by atoms with Gasteiger partial charge in [-0.15, -0.1) is 0 Å². The topological polar surface area (TPSA) is 57.3 Å². The van der Waals surface area contributed by atoms with Crippen molar-refractivity contribution < 1.29 is 4.79 Å². The van der Waals surface area contributed by atoms with Crippen LogP contribution in [0.25, 0.3) is 0 Å². The molecule has 1 aliphatic rings. The van der Waals surface area contributed by atoms with E-state index in [1.807, 2.05) is 13.1 Å². The van der Waals surface area contributed by atoms with Crippen molar-refractivity contribution in [2.45, 2.75) is 12.8 Å². The largest absolute Gasteiger partial charge is 0.387 e. The van der Waals surface area contributed by atoms with E-state index in [0.29, 0.717) is 11.6 Å². The summed E-state index contributed by atoms with van der Waals surface area (Å²) >= 11 is 0. The molecule has 0 bridgehead atoms. The van der Waals surface area contributed by atoms with Crippen molar-refractivity contribution in [3.05, 3.63) is 24.0 Å². The zero-order valence-electron chi connectivity index (χ0n) is 11.6. The van der Waals surface area contributed by atoms with E-state index < -0.39 is 0 Å². The van der Waals surface area contributed by atoms with E-state index in [1.165, 1.54) is 12.8 Å². The second kappa shape index (κ2) is 6.52. The number of nitrogens with one attached hydrogen (secondary N) is 2. The van der Waals surface area contributed by atoms with Crippen LogP contribution in [0.3, 0.4) is 0 Å². The standard InChI is InChI=1S/C14H22N4O/c1-15-12-5-6-13(16-9-12)14(19)17-8-11-4-3-7-18(2)10-11/h5-6,9,11,15H,3-4,7-8,10H2,1-2H3,(H,17,19). The third-order valence-corrected chi connectivity index (χ3v) is 3.56. The van der Waals surface area contributed by atoms with Gasteiger partial charge in [0.2, 0.25) is 0 Å². The summed E-state index contributed by atoms with van der Waals surface area (Å²) in [5, 5.41) is 5.96. The Morgan fingerprint density at radius 2 is 2.37 bits per heavy atom. The van der Waals surface area contributed by atoms with Gasteiger partial charge in [0.15, 0.2) is 0 Å². The molecule has 2 N–H and O–H groups in total. The summed E-state index contributed by atoms with van der Waals surface area (Å²) in [6.45, 7) is 2.96. The summed E-state index contributed by atoms with van der Waals surface area (Å²) in [5.41, 5.74) is 1.38. The third-order valence-electron chi connectivity index (χ3n) is 3.56. The van der Waals surface area contributed by atoms with E-state index in [-0.39, 0.29) is 5.91 Å². The molecule has 1 aromatic heterocycles. The summed E-state index contributed by atoms with van der Waals surface area (Å²) in [5.74, 6) is 0.468. The summed E-state index contributed by atoms with van der Waals surface area (Å²) in [4.78, 5) is 18.4. The van der Waals surface area contributed by atoms with Gasteiger partial charge in [0.25, 0.3) is 5.91 Å². The molecule has 1 saturated heterocycles. The first kappa shape index (κ1) is 13.8. The molecule has 1 fully saturated rings. The highest BCUT2D eigenvalue weighted by atomic mass is 16.1. The van der Waals surface area contributed by atoms with Crippen LogP contribution in [-0.4, -0.2) is 49.5 Å². The number of carbonyl (C=O) groups excluding carboxylic acids is 1. The lowest BCUT2D eigenvalue weighted by atomic mass is 9.98. The number of piperidine rings is 1. The predicted octanol–water partition coefficient (Wildman–Crippen LogP) is 1.19. The van der Waals surface area contributed by atoms with Crippen LogP contribution < -0.4 is 10.6 Å². The lowest BCUT2D eigenvalue weighted by molar-refractivity contribution is 0.0932.